The zero-order chi connectivity index (χ0) is 26.2. The average molecular weight is 515 g/mol. The van der Waals surface area contributed by atoms with Crippen molar-refractivity contribution in [2.24, 2.45) is 10.2 Å². The Morgan fingerprint density at radius 2 is 1.54 bits per heavy atom. The van der Waals surface area contributed by atoms with Gasteiger partial charge < -0.3 is 20.6 Å². The first kappa shape index (κ1) is 23.8. The van der Waals surface area contributed by atoms with Crippen molar-refractivity contribution in [3.63, 3.8) is 0 Å². The maximum Gasteiger partial charge on any atom is 0.301 e. The fraction of sp³-hybridized carbons (Fsp3) is 0.0385. The number of carbonyl (C=O) groups excluding carboxylic acids is 3. The minimum Gasteiger partial charge on any atom is -0.507 e. The highest BCUT2D eigenvalue weighted by molar-refractivity contribution is 8.16. The minimum atomic E-state index is -2.11. The van der Waals surface area contributed by atoms with E-state index in [0.29, 0.717) is 17.3 Å². The van der Waals surface area contributed by atoms with E-state index in [1.165, 1.54) is 48.7 Å². The summed E-state index contributed by atoms with van der Waals surface area (Å²) in [6.07, 6.45) is 1.27. The fourth-order valence-electron chi connectivity index (χ4n) is 4.05. The van der Waals surface area contributed by atoms with Crippen LogP contribution in [0.2, 0.25) is 0 Å². The molecule has 0 aromatic heterocycles. The van der Waals surface area contributed by atoms with E-state index in [-0.39, 0.29) is 27.9 Å². The molecule has 3 aromatic carbocycles. The number of amides is 2. The highest BCUT2D eigenvalue weighted by atomic mass is 32.2. The monoisotopic (exact) mass is 514 g/mol. The zero-order valence-electron chi connectivity index (χ0n) is 18.9. The Hall–Kier alpha value is -4.90. The molecule has 2 saturated heterocycles. The molecule has 2 heterocycles. The molecular weight excluding hydrogens is 496 g/mol. The fourth-order valence-corrected chi connectivity index (χ4v) is 5.27. The molecule has 37 heavy (non-hydrogen) atoms. The lowest BCUT2D eigenvalue weighted by Gasteiger charge is -2.31. The predicted octanol–water partition coefficient (Wildman–Crippen LogP) is 2.93. The van der Waals surface area contributed by atoms with E-state index in [9.17, 15) is 29.7 Å². The number of ketones is 1. The average Bonchev–Trinajstić information content (AvgIpc) is 3.33. The van der Waals surface area contributed by atoms with Crippen LogP contribution in [0, 0.1) is 0 Å². The summed E-state index contributed by atoms with van der Waals surface area (Å²) in [6, 6.07) is 20.2. The van der Waals surface area contributed by atoms with E-state index in [1.807, 2.05) is 0 Å². The molecule has 11 heteroatoms. The third kappa shape index (κ3) is 3.91. The van der Waals surface area contributed by atoms with Crippen molar-refractivity contribution in [2.45, 2.75) is 4.87 Å². The molecular formula is C26H18N4O6S. The Balaban J connectivity index is 1.66. The summed E-state index contributed by atoms with van der Waals surface area (Å²) >= 11 is 0.687. The summed E-state index contributed by atoms with van der Waals surface area (Å²) in [6.45, 7) is 0. The van der Waals surface area contributed by atoms with Crippen molar-refractivity contribution in [1.29, 1.82) is 0 Å². The second kappa shape index (κ2) is 9.28. The molecule has 0 aliphatic carbocycles. The van der Waals surface area contributed by atoms with Gasteiger partial charge in [0.05, 0.1) is 17.5 Å². The smallest absolute Gasteiger partial charge is 0.301 e. The molecule has 2 amide bonds. The molecule has 5 rings (SSSR count). The predicted molar refractivity (Wildman–Crippen MR) is 138 cm³/mol. The molecule has 0 radical (unpaired) electrons. The molecule has 0 bridgehead atoms. The number of hydrogen-bond acceptors (Lipinski definition) is 9. The summed E-state index contributed by atoms with van der Waals surface area (Å²) in [5.74, 6) is -3.99. The third-order valence-electron chi connectivity index (χ3n) is 5.74. The lowest BCUT2D eigenvalue weighted by Crippen LogP contribution is -2.50. The van der Waals surface area contributed by atoms with E-state index in [1.54, 1.807) is 36.4 Å². The number of benzene rings is 3. The number of aliphatic hydroxyl groups is 1. The summed E-state index contributed by atoms with van der Waals surface area (Å²) < 4.78 is 0. The van der Waals surface area contributed by atoms with Crippen molar-refractivity contribution in [2.75, 3.05) is 4.90 Å². The van der Waals surface area contributed by atoms with Crippen LogP contribution in [0.5, 0.6) is 11.5 Å². The minimum absolute atomic E-state index is 0.0262. The molecule has 10 nitrogen and oxygen atoms in total. The standard InChI is InChI=1S/C26H18N4O6S/c31-18-12-6-4-10-16(18)14-27-29-25-28-24(36)26(37-25)20(21(33)15-8-2-1-3-9-15)22(34)23(35)30(26)17-11-5-7-13-19(17)32/h1-14,31-33H,(H,28,29,36)/b21-20-,27-14?. The second-order valence-electron chi connectivity index (χ2n) is 7.96. The number of para-hydroxylation sites is 3. The largest absolute Gasteiger partial charge is 0.507 e. The van der Waals surface area contributed by atoms with Gasteiger partial charge in [0.25, 0.3) is 11.7 Å². The second-order valence-corrected chi connectivity index (χ2v) is 9.14. The van der Waals surface area contributed by atoms with Crippen LogP contribution in [0.3, 0.4) is 0 Å². The summed E-state index contributed by atoms with van der Waals surface area (Å²) in [7, 11) is 0. The van der Waals surface area contributed by atoms with Crippen molar-refractivity contribution in [3.8, 4) is 11.5 Å². The van der Waals surface area contributed by atoms with Gasteiger partial charge in [0, 0.05) is 11.1 Å². The van der Waals surface area contributed by atoms with Gasteiger partial charge in [0.2, 0.25) is 4.87 Å². The van der Waals surface area contributed by atoms with Gasteiger partial charge in [0.1, 0.15) is 17.3 Å². The SMILES string of the molecule is O=C1C(=O)N(c2ccccc2O)C2(SC(=NN=Cc3ccccc3O)NC2=O)/C1=C(\O)c1ccccc1. The van der Waals surface area contributed by atoms with Gasteiger partial charge in [-0.05, 0) is 36.0 Å². The van der Waals surface area contributed by atoms with Crippen molar-refractivity contribution in [1.82, 2.24) is 5.32 Å². The van der Waals surface area contributed by atoms with Gasteiger partial charge in [0.15, 0.2) is 5.17 Å². The number of hydrogen-bond donors (Lipinski definition) is 4. The molecule has 3 aromatic rings. The van der Waals surface area contributed by atoms with Crippen LogP contribution in [0.1, 0.15) is 11.1 Å². The lowest BCUT2D eigenvalue weighted by molar-refractivity contribution is -0.132. The number of amidine groups is 1. The van der Waals surface area contributed by atoms with Gasteiger partial charge in [-0.2, -0.15) is 5.10 Å². The molecule has 4 N–H and O–H groups in total. The van der Waals surface area contributed by atoms with Crippen molar-refractivity contribution in [3.05, 3.63) is 95.6 Å². The van der Waals surface area contributed by atoms with Crippen LogP contribution in [0.4, 0.5) is 5.69 Å². The number of rotatable bonds is 4. The Labute approximate surface area is 214 Å². The number of anilines is 1. The first-order valence-electron chi connectivity index (χ1n) is 10.9. The Bertz CT molecular complexity index is 1530. The Morgan fingerprint density at radius 1 is 0.892 bits per heavy atom. The van der Waals surface area contributed by atoms with Crippen LogP contribution >= 0.6 is 11.8 Å². The molecule has 1 unspecified atom stereocenters. The van der Waals surface area contributed by atoms with Gasteiger partial charge in [-0.1, -0.05) is 54.6 Å². The maximum atomic E-state index is 13.6. The van der Waals surface area contributed by atoms with E-state index in [2.05, 4.69) is 15.5 Å². The Kier molecular flexibility index (Phi) is 5.98. The van der Waals surface area contributed by atoms with Crippen LogP contribution in [0.15, 0.2) is 94.6 Å². The number of phenolic OH excluding ortho intramolecular Hbond substituents is 2. The van der Waals surface area contributed by atoms with E-state index in [4.69, 9.17) is 0 Å². The van der Waals surface area contributed by atoms with Gasteiger partial charge in [-0.15, -0.1) is 5.10 Å². The normalized spacial score (nSPS) is 21.9. The molecule has 0 saturated carbocycles. The van der Waals surface area contributed by atoms with Crippen LogP contribution in [-0.2, 0) is 14.4 Å². The molecule has 1 spiro atoms. The summed E-state index contributed by atoms with van der Waals surface area (Å²) in [5, 5.41) is 41.9. The number of aromatic hydroxyl groups is 2. The molecule has 1 atom stereocenters. The first-order chi connectivity index (χ1) is 17.8. The number of nitrogens with one attached hydrogen (secondary N) is 1. The van der Waals surface area contributed by atoms with Crippen LogP contribution in [0.25, 0.3) is 5.76 Å². The van der Waals surface area contributed by atoms with Crippen LogP contribution < -0.4 is 10.2 Å². The molecule has 2 aliphatic heterocycles. The molecule has 184 valence electrons. The van der Waals surface area contributed by atoms with E-state index >= 15 is 0 Å². The number of phenols is 2. The van der Waals surface area contributed by atoms with E-state index < -0.39 is 33.8 Å². The topological polar surface area (TPSA) is 152 Å². The maximum absolute atomic E-state index is 13.6. The number of thioether (sulfide) groups is 1. The van der Waals surface area contributed by atoms with Gasteiger partial charge in [-0.25, -0.2) is 0 Å². The Morgan fingerprint density at radius 3 is 2.24 bits per heavy atom. The highest BCUT2D eigenvalue weighted by Crippen LogP contribution is 2.51. The van der Waals surface area contributed by atoms with Crippen molar-refractivity contribution >= 4 is 52.2 Å². The van der Waals surface area contributed by atoms with Gasteiger partial charge in [-0.3, -0.25) is 19.3 Å². The summed E-state index contributed by atoms with van der Waals surface area (Å²) in [4.78, 5) is 38.9. The third-order valence-corrected chi connectivity index (χ3v) is 6.98. The van der Waals surface area contributed by atoms with Crippen molar-refractivity contribution < 1.29 is 29.7 Å². The first-order valence-corrected chi connectivity index (χ1v) is 11.7. The zero-order valence-corrected chi connectivity index (χ0v) is 19.7. The molecule has 2 aliphatic rings. The quantitative estimate of drug-likeness (QED) is 0.137. The number of nitrogens with zero attached hydrogens (tertiary/aromatic N) is 3. The van der Waals surface area contributed by atoms with Crippen LogP contribution in [-0.4, -0.2) is 49.2 Å². The molecule has 2 fully saturated rings. The highest BCUT2D eigenvalue weighted by Gasteiger charge is 2.66. The van der Waals surface area contributed by atoms with E-state index in [0.717, 1.165) is 4.90 Å². The summed E-state index contributed by atoms with van der Waals surface area (Å²) in [5.41, 5.74) is 0.0245. The number of carbonyl (C=O) groups is 3. The van der Waals surface area contributed by atoms with Gasteiger partial charge >= 0.3 is 5.91 Å². The number of Topliss-reactive ketones (excluding diaryl/α,β-unsaturated/α-hetero) is 1. The number of aliphatic hydroxyl groups excluding tert-OH is 1. The lowest BCUT2D eigenvalue weighted by atomic mass is 9.99.